The summed E-state index contributed by atoms with van der Waals surface area (Å²) in [5.41, 5.74) is 1.65. The van der Waals surface area contributed by atoms with E-state index in [9.17, 15) is 9.18 Å². The second-order valence-electron chi connectivity index (χ2n) is 5.11. The van der Waals surface area contributed by atoms with Crippen LogP contribution in [0.1, 0.15) is 56.1 Å². The van der Waals surface area contributed by atoms with Gasteiger partial charge in [0.05, 0.1) is 0 Å². The maximum absolute atomic E-state index is 13.7. The van der Waals surface area contributed by atoms with Gasteiger partial charge in [0, 0.05) is 18.6 Å². The lowest BCUT2D eigenvalue weighted by Gasteiger charge is -2.09. The van der Waals surface area contributed by atoms with E-state index in [1.54, 1.807) is 6.07 Å². The van der Waals surface area contributed by atoms with Gasteiger partial charge >= 0.3 is 5.97 Å². The highest BCUT2D eigenvalue weighted by Crippen LogP contribution is 2.19. The number of carbonyl (C=O) groups is 1. The first-order chi connectivity index (χ1) is 9.54. The van der Waals surface area contributed by atoms with E-state index in [-0.39, 0.29) is 18.2 Å². The summed E-state index contributed by atoms with van der Waals surface area (Å²) in [6.45, 7) is 1.91. The van der Waals surface area contributed by atoms with Crippen LogP contribution in [0.2, 0.25) is 0 Å². The van der Waals surface area contributed by atoms with E-state index in [2.05, 4.69) is 0 Å². The molecule has 1 unspecified atom stereocenters. The summed E-state index contributed by atoms with van der Waals surface area (Å²) in [7, 11) is 0. The van der Waals surface area contributed by atoms with Gasteiger partial charge in [-0.15, -0.1) is 0 Å². The Labute approximate surface area is 119 Å². The van der Waals surface area contributed by atoms with E-state index in [0.717, 1.165) is 24.8 Å². The monoisotopic (exact) mass is 279 g/mol. The second-order valence-corrected chi connectivity index (χ2v) is 5.11. The van der Waals surface area contributed by atoms with Crippen molar-refractivity contribution in [3.05, 3.63) is 35.1 Å². The van der Waals surface area contributed by atoms with Crippen molar-refractivity contribution in [2.75, 3.05) is 0 Å². The average molecular weight is 279 g/mol. The van der Waals surface area contributed by atoms with Gasteiger partial charge in [0.25, 0.3) is 0 Å². The molecule has 0 spiro atoms. The van der Waals surface area contributed by atoms with Crippen LogP contribution in [0.15, 0.2) is 18.2 Å². The maximum Gasteiger partial charge on any atom is 0.303 e. The molecule has 2 N–H and O–H groups in total. The van der Waals surface area contributed by atoms with Crippen molar-refractivity contribution in [3.63, 3.8) is 0 Å². The molecule has 1 aromatic carbocycles. The van der Waals surface area contributed by atoms with Crippen LogP contribution in [-0.2, 0) is 11.2 Å². The molecule has 0 aromatic heterocycles. The highest BCUT2D eigenvalue weighted by molar-refractivity contribution is 5.66. The molecule has 1 aromatic rings. The minimum atomic E-state index is -0.760. The Balaban J connectivity index is 2.43. The molecule has 0 aliphatic heterocycles. The molecule has 0 fully saturated rings. The van der Waals surface area contributed by atoms with Crippen molar-refractivity contribution >= 4 is 12.2 Å². The van der Waals surface area contributed by atoms with Crippen LogP contribution in [0.5, 0.6) is 0 Å². The molecule has 1 atom stereocenters. The molecule has 4 heteroatoms. The minimum Gasteiger partial charge on any atom is -0.481 e. The predicted octanol–water partition coefficient (Wildman–Crippen LogP) is 4.16. The van der Waals surface area contributed by atoms with Gasteiger partial charge in [0.1, 0.15) is 5.82 Å². The summed E-state index contributed by atoms with van der Waals surface area (Å²) in [5.74, 6) is -0.953. The van der Waals surface area contributed by atoms with Gasteiger partial charge in [-0.25, -0.2) is 4.39 Å². The zero-order valence-corrected chi connectivity index (χ0v) is 11.9. The fourth-order valence-electron chi connectivity index (χ4n) is 2.11. The van der Waals surface area contributed by atoms with Crippen molar-refractivity contribution in [1.29, 1.82) is 5.41 Å². The highest BCUT2D eigenvalue weighted by Gasteiger charge is 2.07. The Morgan fingerprint density at radius 1 is 1.35 bits per heavy atom. The molecule has 0 aliphatic rings. The fraction of sp³-hybridized carbons (Fsp3) is 0.500. The van der Waals surface area contributed by atoms with E-state index in [1.807, 2.05) is 13.0 Å². The van der Waals surface area contributed by atoms with E-state index in [0.29, 0.717) is 18.4 Å². The minimum absolute atomic E-state index is 0.00455. The van der Waals surface area contributed by atoms with Crippen molar-refractivity contribution in [3.8, 4) is 0 Å². The van der Waals surface area contributed by atoms with Crippen molar-refractivity contribution in [2.24, 2.45) is 0 Å². The van der Waals surface area contributed by atoms with Crippen molar-refractivity contribution in [1.82, 2.24) is 0 Å². The Bertz CT molecular complexity index is 460. The predicted molar refractivity (Wildman–Crippen MR) is 78.0 cm³/mol. The normalized spacial score (nSPS) is 12.1. The lowest BCUT2D eigenvalue weighted by molar-refractivity contribution is -0.137. The summed E-state index contributed by atoms with van der Waals surface area (Å²) in [6.07, 6.45) is 5.55. The number of rotatable bonds is 9. The molecule has 0 heterocycles. The molecular weight excluding hydrogens is 257 g/mol. The second kappa shape index (κ2) is 8.46. The topological polar surface area (TPSA) is 61.2 Å². The van der Waals surface area contributed by atoms with Crippen LogP contribution in [0.3, 0.4) is 0 Å². The Hall–Kier alpha value is -1.71. The number of hydrogen-bond donors (Lipinski definition) is 2. The fourth-order valence-corrected chi connectivity index (χ4v) is 2.11. The molecule has 110 valence electrons. The number of aliphatic carboxylic acids is 1. The number of benzene rings is 1. The number of aryl methyl sites for hydroxylation is 1. The zero-order valence-electron chi connectivity index (χ0n) is 11.9. The molecule has 0 saturated carbocycles. The summed E-state index contributed by atoms with van der Waals surface area (Å²) in [5, 5.41) is 15.8. The first kappa shape index (κ1) is 16.3. The maximum atomic E-state index is 13.7. The van der Waals surface area contributed by atoms with Crippen LogP contribution < -0.4 is 0 Å². The summed E-state index contributed by atoms with van der Waals surface area (Å²) >= 11 is 0. The Morgan fingerprint density at radius 2 is 2.05 bits per heavy atom. The quantitative estimate of drug-likeness (QED) is 0.526. The van der Waals surface area contributed by atoms with Crippen molar-refractivity contribution in [2.45, 2.75) is 51.4 Å². The van der Waals surface area contributed by atoms with E-state index >= 15 is 0 Å². The summed E-state index contributed by atoms with van der Waals surface area (Å²) < 4.78 is 13.7. The molecule has 20 heavy (non-hydrogen) atoms. The largest absolute Gasteiger partial charge is 0.481 e. The lowest BCUT2D eigenvalue weighted by Crippen LogP contribution is -1.99. The standard InChI is InChI=1S/C16H22FNO2/c1-12(11-18)13-8-9-15(17)14(10-13)6-4-2-3-5-7-16(19)20/h8-12,18H,2-7H2,1H3,(H,19,20). The summed E-state index contributed by atoms with van der Waals surface area (Å²) in [6, 6.07) is 5.03. The van der Waals surface area contributed by atoms with Crippen LogP contribution in [0, 0.1) is 11.2 Å². The highest BCUT2D eigenvalue weighted by atomic mass is 19.1. The number of halogens is 1. The van der Waals surface area contributed by atoms with Gasteiger partial charge in [-0.3, -0.25) is 4.79 Å². The molecule has 0 saturated heterocycles. The number of carboxylic acids is 1. The van der Waals surface area contributed by atoms with E-state index in [1.165, 1.54) is 12.3 Å². The van der Waals surface area contributed by atoms with Gasteiger partial charge in [-0.05, 0) is 36.5 Å². The third-order valence-electron chi connectivity index (χ3n) is 3.43. The van der Waals surface area contributed by atoms with Crippen molar-refractivity contribution < 1.29 is 14.3 Å². The van der Waals surface area contributed by atoms with Gasteiger partial charge in [0.2, 0.25) is 0 Å². The average Bonchev–Trinajstić information content (AvgIpc) is 2.43. The van der Waals surface area contributed by atoms with Gasteiger partial charge < -0.3 is 10.5 Å². The number of nitrogens with one attached hydrogen (secondary N) is 1. The molecule has 0 aliphatic carbocycles. The molecule has 1 rings (SSSR count). The van der Waals surface area contributed by atoms with E-state index in [4.69, 9.17) is 10.5 Å². The van der Waals surface area contributed by atoms with Gasteiger partial charge in [0.15, 0.2) is 0 Å². The number of unbranched alkanes of at least 4 members (excludes halogenated alkanes) is 3. The first-order valence-electron chi connectivity index (χ1n) is 7.05. The molecule has 3 nitrogen and oxygen atoms in total. The summed E-state index contributed by atoms with van der Waals surface area (Å²) in [4.78, 5) is 10.4. The van der Waals surface area contributed by atoms with Gasteiger partial charge in [-0.2, -0.15) is 0 Å². The molecule has 0 bridgehead atoms. The third-order valence-corrected chi connectivity index (χ3v) is 3.43. The number of carboxylic acid groups (broad SMARTS) is 1. The zero-order chi connectivity index (χ0) is 15.0. The Kier molecular flexibility index (Phi) is 6.91. The van der Waals surface area contributed by atoms with Crippen LogP contribution in [0.25, 0.3) is 0 Å². The third kappa shape index (κ3) is 5.51. The SMILES string of the molecule is CC(C=N)c1ccc(F)c(CCCCCCC(=O)O)c1. The van der Waals surface area contributed by atoms with Crippen LogP contribution >= 0.6 is 0 Å². The van der Waals surface area contributed by atoms with E-state index < -0.39 is 5.97 Å². The number of hydrogen-bond acceptors (Lipinski definition) is 2. The lowest BCUT2D eigenvalue weighted by atomic mass is 9.97. The molecule has 0 radical (unpaired) electrons. The molecular formula is C16H22FNO2. The van der Waals surface area contributed by atoms with Crippen LogP contribution in [-0.4, -0.2) is 17.3 Å². The van der Waals surface area contributed by atoms with Gasteiger partial charge in [-0.1, -0.05) is 31.9 Å². The van der Waals surface area contributed by atoms with Crippen LogP contribution in [0.4, 0.5) is 4.39 Å². The smallest absolute Gasteiger partial charge is 0.303 e. The Morgan fingerprint density at radius 3 is 2.70 bits per heavy atom. The molecule has 0 amide bonds. The first-order valence-corrected chi connectivity index (χ1v) is 7.05.